The Morgan fingerprint density at radius 3 is 3.00 bits per heavy atom. The van der Waals surface area contributed by atoms with Crippen molar-refractivity contribution in [1.82, 2.24) is 9.88 Å². The van der Waals surface area contributed by atoms with Gasteiger partial charge in [0.05, 0.1) is 6.42 Å². The molecule has 0 aliphatic carbocycles. The molecule has 0 atom stereocenters. The lowest BCUT2D eigenvalue weighted by molar-refractivity contribution is -0.129. The summed E-state index contributed by atoms with van der Waals surface area (Å²) in [6.07, 6.45) is 3.27. The zero-order chi connectivity index (χ0) is 12.0. The van der Waals surface area contributed by atoms with Crippen LogP contribution in [0.4, 0.5) is 0 Å². The average Bonchev–Trinajstić information content (AvgIpc) is 2.30. The van der Waals surface area contributed by atoms with Gasteiger partial charge >= 0.3 is 0 Å². The fraction of sp³-hybridized carbons (Fsp3) is 0.300. The number of rotatable bonds is 4. The number of amidine groups is 1. The minimum absolute atomic E-state index is 0.0900. The van der Waals surface area contributed by atoms with Crippen LogP contribution in [0.5, 0.6) is 0 Å². The van der Waals surface area contributed by atoms with Crippen molar-refractivity contribution < 1.29 is 10.0 Å². The van der Waals surface area contributed by atoms with Crippen LogP contribution in [0.2, 0.25) is 0 Å². The van der Waals surface area contributed by atoms with Crippen molar-refractivity contribution >= 4 is 11.7 Å². The van der Waals surface area contributed by atoms with E-state index in [-0.39, 0.29) is 18.2 Å². The third-order valence-electron chi connectivity index (χ3n) is 2.03. The van der Waals surface area contributed by atoms with Gasteiger partial charge in [-0.25, -0.2) is 0 Å². The average molecular weight is 222 g/mol. The maximum Gasteiger partial charge on any atom is 0.230 e. The van der Waals surface area contributed by atoms with Gasteiger partial charge < -0.3 is 15.8 Å². The SMILES string of the molecule is CN(Cc1cccnc1)C(=O)C/C(N)=N/O. The van der Waals surface area contributed by atoms with Gasteiger partial charge in [-0.2, -0.15) is 0 Å². The lowest BCUT2D eigenvalue weighted by atomic mass is 10.2. The summed E-state index contributed by atoms with van der Waals surface area (Å²) in [6.45, 7) is 0.450. The maximum atomic E-state index is 11.6. The lowest BCUT2D eigenvalue weighted by Gasteiger charge is -2.16. The molecule has 0 aliphatic rings. The first kappa shape index (κ1) is 12.0. The minimum Gasteiger partial charge on any atom is -0.409 e. The Morgan fingerprint density at radius 2 is 2.44 bits per heavy atom. The van der Waals surface area contributed by atoms with Gasteiger partial charge in [0.1, 0.15) is 5.84 Å². The Balaban J connectivity index is 2.53. The molecule has 1 aromatic rings. The highest BCUT2D eigenvalue weighted by atomic mass is 16.4. The third kappa shape index (κ3) is 3.56. The van der Waals surface area contributed by atoms with E-state index in [0.717, 1.165) is 5.56 Å². The van der Waals surface area contributed by atoms with E-state index in [1.54, 1.807) is 25.5 Å². The first-order valence-corrected chi connectivity index (χ1v) is 4.72. The molecule has 0 fully saturated rings. The van der Waals surface area contributed by atoms with Crippen molar-refractivity contribution in [3.63, 3.8) is 0 Å². The van der Waals surface area contributed by atoms with Crippen LogP contribution in [0, 0.1) is 0 Å². The smallest absolute Gasteiger partial charge is 0.230 e. The number of pyridine rings is 1. The highest BCUT2D eigenvalue weighted by Gasteiger charge is 2.11. The molecule has 0 aliphatic heterocycles. The zero-order valence-corrected chi connectivity index (χ0v) is 9.00. The van der Waals surface area contributed by atoms with E-state index >= 15 is 0 Å². The number of amides is 1. The van der Waals surface area contributed by atoms with Crippen LogP contribution in [0.15, 0.2) is 29.7 Å². The summed E-state index contributed by atoms with van der Waals surface area (Å²) in [5.74, 6) is -0.304. The van der Waals surface area contributed by atoms with Gasteiger partial charge in [0.15, 0.2) is 0 Å². The molecule has 1 amide bonds. The second-order valence-corrected chi connectivity index (χ2v) is 3.38. The van der Waals surface area contributed by atoms with Gasteiger partial charge in [-0.05, 0) is 11.6 Å². The van der Waals surface area contributed by atoms with Crippen molar-refractivity contribution in [2.45, 2.75) is 13.0 Å². The van der Waals surface area contributed by atoms with Crippen LogP contribution in [0.1, 0.15) is 12.0 Å². The van der Waals surface area contributed by atoms with E-state index in [0.29, 0.717) is 6.54 Å². The molecule has 6 heteroatoms. The van der Waals surface area contributed by atoms with E-state index < -0.39 is 0 Å². The number of oxime groups is 1. The third-order valence-corrected chi connectivity index (χ3v) is 2.03. The largest absolute Gasteiger partial charge is 0.409 e. The summed E-state index contributed by atoms with van der Waals surface area (Å²) < 4.78 is 0. The first-order chi connectivity index (χ1) is 7.63. The number of aromatic nitrogens is 1. The molecule has 1 aromatic heterocycles. The Kier molecular flexibility index (Phi) is 4.26. The molecule has 3 N–H and O–H groups in total. The minimum atomic E-state index is -0.209. The van der Waals surface area contributed by atoms with E-state index in [1.807, 2.05) is 6.07 Å². The molecule has 0 saturated heterocycles. The summed E-state index contributed by atoms with van der Waals surface area (Å²) in [7, 11) is 1.65. The Bertz CT molecular complexity index is 378. The summed E-state index contributed by atoms with van der Waals surface area (Å²) in [4.78, 5) is 17.0. The zero-order valence-electron chi connectivity index (χ0n) is 9.00. The second kappa shape index (κ2) is 5.69. The highest BCUT2D eigenvalue weighted by Crippen LogP contribution is 2.02. The highest BCUT2D eigenvalue weighted by molar-refractivity contribution is 5.98. The predicted octanol–water partition coefficient (Wildman–Crippen LogP) is 0.176. The fourth-order valence-corrected chi connectivity index (χ4v) is 1.18. The molecular weight excluding hydrogens is 208 g/mol. The summed E-state index contributed by atoms with van der Waals surface area (Å²) >= 11 is 0. The first-order valence-electron chi connectivity index (χ1n) is 4.72. The molecule has 1 rings (SSSR count). The summed E-state index contributed by atoms with van der Waals surface area (Å²) in [5, 5.41) is 11.1. The molecule has 0 saturated carbocycles. The van der Waals surface area contributed by atoms with Gasteiger partial charge in [0, 0.05) is 26.0 Å². The summed E-state index contributed by atoms with van der Waals surface area (Å²) in [6, 6.07) is 3.68. The molecule has 0 spiro atoms. The van der Waals surface area contributed by atoms with Crippen LogP contribution >= 0.6 is 0 Å². The van der Waals surface area contributed by atoms with Crippen molar-refractivity contribution in [1.29, 1.82) is 0 Å². The van der Waals surface area contributed by atoms with E-state index in [1.165, 1.54) is 4.90 Å². The Labute approximate surface area is 93.4 Å². The Morgan fingerprint density at radius 1 is 1.69 bits per heavy atom. The molecule has 0 unspecified atom stereocenters. The van der Waals surface area contributed by atoms with Crippen molar-refractivity contribution in [3.05, 3.63) is 30.1 Å². The van der Waals surface area contributed by atoms with Crippen LogP contribution in [0.25, 0.3) is 0 Å². The topological polar surface area (TPSA) is 91.8 Å². The van der Waals surface area contributed by atoms with Gasteiger partial charge in [0.2, 0.25) is 5.91 Å². The number of carbonyl (C=O) groups excluding carboxylic acids is 1. The summed E-state index contributed by atoms with van der Waals surface area (Å²) in [5.41, 5.74) is 6.17. The van der Waals surface area contributed by atoms with Gasteiger partial charge in [-0.15, -0.1) is 0 Å². The molecule has 0 aromatic carbocycles. The van der Waals surface area contributed by atoms with Gasteiger partial charge in [0.25, 0.3) is 0 Å². The van der Waals surface area contributed by atoms with Gasteiger partial charge in [-0.1, -0.05) is 11.2 Å². The lowest BCUT2D eigenvalue weighted by Crippen LogP contribution is -2.30. The van der Waals surface area contributed by atoms with Gasteiger partial charge in [-0.3, -0.25) is 9.78 Å². The maximum absolute atomic E-state index is 11.6. The molecule has 1 heterocycles. The van der Waals surface area contributed by atoms with Crippen molar-refractivity contribution in [2.75, 3.05) is 7.05 Å². The molecule has 0 radical (unpaired) electrons. The number of carbonyl (C=O) groups is 1. The fourth-order valence-electron chi connectivity index (χ4n) is 1.18. The van der Waals surface area contributed by atoms with Crippen LogP contribution < -0.4 is 5.73 Å². The van der Waals surface area contributed by atoms with Crippen LogP contribution in [0.3, 0.4) is 0 Å². The Hall–Kier alpha value is -2.11. The van der Waals surface area contributed by atoms with Crippen molar-refractivity contribution in [2.24, 2.45) is 10.9 Å². The monoisotopic (exact) mass is 222 g/mol. The normalized spacial score (nSPS) is 11.2. The van der Waals surface area contributed by atoms with Crippen molar-refractivity contribution in [3.8, 4) is 0 Å². The molecule has 86 valence electrons. The standard InChI is InChI=1S/C10H14N4O2/c1-14(10(15)5-9(11)13-16)7-8-3-2-4-12-6-8/h2-4,6,16H,5,7H2,1H3,(H2,11,13). The number of hydrogen-bond donors (Lipinski definition) is 2. The second-order valence-electron chi connectivity index (χ2n) is 3.38. The number of nitrogens with zero attached hydrogens (tertiary/aromatic N) is 3. The number of nitrogens with two attached hydrogens (primary N) is 1. The van der Waals surface area contributed by atoms with E-state index in [9.17, 15) is 4.79 Å². The predicted molar refractivity (Wildman–Crippen MR) is 58.7 cm³/mol. The molecule has 6 nitrogen and oxygen atoms in total. The van der Waals surface area contributed by atoms with Crippen LogP contribution in [-0.2, 0) is 11.3 Å². The van der Waals surface area contributed by atoms with E-state index in [4.69, 9.17) is 10.9 Å². The number of hydrogen-bond acceptors (Lipinski definition) is 4. The quantitative estimate of drug-likeness (QED) is 0.329. The molecular formula is C10H14N4O2. The van der Waals surface area contributed by atoms with E-state index in [2.05, 4.69) is 10.1 Å². The molecule has 16 heavy (non-hydrogen) atoms. The molecule has 0 bridgehead atoms. The van der Waals surface area contributed by atoms with Crippen LogP contribution in [-0.4, -0.2) is 33.9 Å².